The zero-order valence-corrected chi connectivity index (χ0v) is 13.9. The fourth-order valence-electron chi connectivity index (χ4n) is 2.80. The van der Waals surface area contributed by atoms with Crippen molar-refractivity contribution >= 4 is 17.8 Å². The maximum absolute atomic E-state index is 12.5. The van der Waals surface area contributed by atoms with E-state index in [1.165, 1.54) is 6.92 Å². The third-order valence-electron chi connectivity index (χ3n) is 4.02. The van der Waals surface area contributed by atoms with Gasteiger partial charge < -0.3 is 9.47 Å². The number of carbonyl (C=O) groups is 3. The summed E-state index contributed by atoms with van der Waals surface area (Å²) in [5, 5.41) is 0. The molecule has 0 radical (unpaired) electrons. The summed E-state index contributed by atoms with van der Waals surface area (Å²) >= 11 is 0. The molecule has 1 heterocycles. The fourth-order valence-corrected chi connectivity index (χ4v) is 2.80. The van der Waals surface area contributed by atoms with Crippen molar-refractivity contribution < 1.29 is 23.9 Å². The third-order valence-corrected chi connectivity index (χ3v) is 4.02. The summed E-state index contributed by atoms with van der Waals surface area (Å²) in [7, 11) is 1.55. The Balaban J connectivity index is 1.87. The molecule has 1 aliphatic heterocycles. The molecule has 6 heteroatoms. The number of rotatable bonds is 5. The Hall–Kier alpha value is -3.15. The first-order chi connectivity index (χ1) is 12.0. The molecule has 3 rings (SSSR count). The van der Waals surface area contributed by atoms with Crippen LogP contribution in [0.4, 0.5) is 0 Å². The van der Waals surface area contributed by atoms with Crippen LogP contribution in [0.2, 0.25) is 0 Å². The topological polar surface area (TPSA) is 72.9 Å². The maximum atomic E-state index is 12.5. The van der Waals surface area contributed by atoms with Crippen molar-refractivity contribution in [2.24, 2.45) is 0 Å². The Labute approximate surface area is 145 Å². The maximum Gasteiger partial charge on any atom is 0.303 e. The zero-order valence-electron chi connectivity index (χ0n) is 13.9. The molecule has 0 spiro atoms. The normalized spacial score (nSPS) is 14.2. The van der Waals surface area contributed by atoms with Gasteiger partial charge in [-0.15, -0.1) is 0 Å². The molecule has 2 aromatic rings. The van der Waals surface area contributed by atoms with Crippen molar-refractivity contribution in [2.75, 3.05) is 13.7 Å². The summed E-state index contributed by atoms with van der Waals surface area (Å²) in [5.74, 6) is -0.596. The summed E-state index contributed by atoms with van der Waals surface area (Å²) < 4.78 is 10.5. The molecule has 1 atom stereocenters. The second-order valence-electron chi connectivity index (χ2n) is 5.64. The minimum absolute atomic E-state index is 0.0434. The van der Waals surface area contributed by atoms with Crippen LogP contribution in [0.25, 0.3) is 0 Å². The van der Waals surface area contributed by atoms with Crippen molar-refractivity contribution in [2.45, 2.75) is 13.0 Å². The zero-order chi connectivity index (χ0) is 18.0. The lowest BCUT2D eigenvalue weighted by molar-refractivity contribution is -0.147. The van der Waals surface area contributed by atoms with Crippen molar-refractivity contribution in [3.05, 3.63) is 65.2 Å². The SMILES string of the molecule is COc1ccc([C@H](CN2C(=O)c3ccccc3C2=O)OC(C)=O)cc1. The summed E-state index contributed by atoms with van der Waals surface area (Å²) in [5.41, 5.74) is 1.40. The van der Waals surface area contributed by atoms with Gasteiger partial charge in [-0.05, 0) is 29.8 Å². The fraction of sp³-hybridized carbons (Fsp3) is 0.211. The highest BCUT2D eigenvalue weighted by molar-refractivity contribution is 6.21. The van der Waals surface area contributed by atoms with Crippen molar-refractivity contribution in [1.29, 1.82) is 0 Å². The van der Waals surface area contributed by atoms with Gasteiger partial charge in [0.15, 0.2) is 0 Å². The Morgan fingerprint density at radius 3 is 2.04 bits per heavy atom. The average Bonchev–Trinajstić information content (AvgIpc) is 2.86. The van der Waals surface area contributed by atoms with Crippen LogP contribution in [0, 0.1) is 0 Å². The molecule has 0 saturated carbocycles. The molecule has 128 valence electrons. The van der Waals surface area contributed by atoms with Gasteiger partial charge in [0.25, 0.3) is 11.8 Å². The van der Waals surface area contributed by atoms with Crippen LogP contribution >= 0.6 is 0 Å². The molecule has 0 N–H and O–H groups in total. The number of methoxy groups -OCH3 is 1. The number of imide groups is 1. The Kier molecular flexibility index (Phi) is 4.52. The van der Waals surface area contributed by atoms with Gasteiger partial charge in [0.05, 0.1) is 24.8 Å². The van der Waals surface area contributed by atoms with E-state index in [2.05, 4.69) is 0 Å². The standard InChI is InChI=1S/C19H17NO5/c1-12(21)25-17(13-7-9-14(24-2)10-8-13)11-20-18(22)15-5-3-4-6-16(15)19(20)23/h3-10,17H,11H2,1-2H3/t17-/m0/s1. The van der Waals surface area contributed by atoms with Crippen LogP contribution in [0.1, 0.15) is 39.3 Å². The first-order valence-electron chi connectivity index (χ1n) is 7.77. The molecule has 2 amide bonds. The summed E-state index contributed by atoms with van der Waals surface area (Å²) in [6.45, 7) is 1.25. The molecular formula is C19H17NO5. The van der Waals surface area contributed by atoms with Gasteiger partial charge in [-0.25, -0.2) is 0 Å². The highest BCUT2D eigenvalue weighted by Crippen LogP contribution is 2.27. The highest BCUT2D eigenvalue weighted by Gasteiger charge is 2.37. The molecule has 6 nitrogen and oxygen atoms in total. The number of esters is 1. The quantitative estimate of drug-likeness (QED) is 0.618. The van der Waals surface area contributed by atoms with E-state index in [1.807, 2.05) is 0 Å². The highest BCUT2D eigenvalue weighted by atomic mass is 16.5. The van der Waals surface area contributed by atoms with Gasteiger partial charge in [0.1, 0.15) is 11.9 Å². The van der Waals surface area contributed by atoms with Crippen molar-refractivity contribution in [3.8, 4) is 5.75 Å². The van der Waals surface area contributed by atoms with Crippen molar-refractivity contribution in [3.63, 3.8) is 0 Å². The van der Waals surface area contributed by atoms with Crippen LogP contribution in [-0.2, 0) is 9.53 Å². The lowest BCUT2D eigenvalue weighted by Gasteiger charge is -2.23. The summed E-state index contributed by atoms with van der Waals surface area (Å²) in [6.07, 6.45) is -0.745. The van der Waals surface area contributed by atoms with Crippen molar-refractivity contribution in [1.82, 2.24) is 4.90 Å². The number of nitrogens with zero attached hydrogens (tertiary/aromatic N) is 1. The number of hydrogen-bond donors (Lipinski definition) is 0. The molecule has 25 heavy (non-hydrogen) atoms. The number of hydrogen-bond acceptors (Lipinski definition) is 5. The van der Waals surface area contributed by atoms with Gasteiger partial charge in [0, 0.05) is 6.92 Å². The number of ether oxygens (including phenoxy) is 2. The molecule has 0 saturated heterocycles. The molecule has 0 aromatic heterocycles. The molecule has 1 aliphatic rings. The van der Waals surface area contributed by atoms with Crippen LogP contribution in [-0.4, -0.2) is 36.3 Å². The smallest absolute Gasteiger partial charge is 0.303 e. The second-order valence-corrected chi connectivity index (χ2v) is 5.64. The lowest BCUT2D eigenvalue weighted by Crippen LogP contribution is -2.35. The Bertz CT molecular complexity index is 793. The van der Waals surface area contributed by atoms with Gasteiger partial charge >= 0.3 is 5.97 Å². The van der Waals surface area contributed by atoms with E-state index >= 15 is 0 Å². The van der Waals surface area contributed by atoms with Crippen LogP contribution in [0.3, 0.4) is 0 Å². The molecule has 2 aromatic carbocycles. The monoisotopic (exact) mass is 339 g/mol. The Morgan fingerprint density at radius 2 is 1.56 bits per heavy atom. The molecular weight excluding hydrogens is 322 g/mol. The number of benzene rings is 2. The summed E-state index contributed by atoms with van der Waals surface area (Å²) in [4.78, 5) is 37.6. The number of amides is 2. The predicted molar refractivity (Wildman–Crippen MR) is 89.3 cm³/mol. The number of carbonyl (C=O) groups excluding carboxylic acids is 3. The van der Waals surface area contributed by atoms with E-state index in [0.29, 0.717) is 22.4 Å². The van der Waals surface area contributed by atoms with E-state index in [0.717, 1.165) is 4.90 Å². The lowest BCUT2D eigenvalue weighted by atomic mass is 10.1. The Morgan fingerprint density at radius 1 is 1.00 bits per heavy atom. The first kappa shape index (κ1) is 16.7. The van der Waals surface area contributed by atoms with E-state index in [1.54, 1.807) is 55.6 Å². The molecule has 0 bridgehead atoms. The van der Waals surface area contributed by atoms with Gasteiger partial charge in [-0.3, -0.25) is 19.3 Å². The first-order valence-corrected chi connectivity index (χ1v) is 7.77. The largest absolute Gasteiger partial charge is 0.497 e. The number of fused-ring (bicyclic) bond motifs is 1. The van der Waals surface area contributed by atoms with Crippen LogP contribution in [0.5, 0.6) is 5.75 Å². The minimum atomic E-state index is -0.745. The van der Waals surface area contributed by atoms with Gasteiger partial charge in [-0.2, -0.15) is 0 Å². The summed E-state index contributed by atoms with van der Waals surface area (Å²) in [6, 6.07) is 13.6. The minimum Gasteiger partial charge on any atom is -0.497 e. The van der Waals surface area contributed by atoms with Crippen LogP contribution < -0.4 is 4.74 Å². The van der Waals surface area contributed by atoms with E-state index in [-0.39, 0.29) is 18.4 Å². The van der Waals surface area contributed by atoms with Gasteiger partial charge in [-0.1, -0.05) is 24.3 Å². The predicted octanol–water partition coefficient (Wildman–Crippen LogP) is 2.60. The molecule has 0 unspecified atom stereocenters. The second kappa shape index (κ2) is 6.76. The van der Waals surface area contributed by atoms with Crippen LogP contribution in [0.15, 0.2) is 48.5 Å². The van der Waals surface area contributed by atoms with Gasteiger partial charge in [0.2, 0.25) is 0 Å². The molecule has 0 aliphatic carbocycles. The van der Waals surface area contributed by atoms with E-state index in [4.69, 9.17) is 9.47 Å². The van der Waals surface area contributed by atoms with E-state index in [9.17, 15) is 14.4 Å². The van der Waals surface area contributed by atoms with E-state index < -0.39 is 12.1 Å². The molecule has 0 fully saturated rings. The third kappa shape index (κ3) is 3.24. The average molecular weight is 339 g/mol.